The van der Waals surface area contributed by atoms with Gasteiger partial charge in [-0.2, -0.15) is 0 Å². The second-order valence-corrected chi connectivity index (χ2v) is 5.22. The van der Waals surface area contributed by atoms with Gasteiger partial charge >= 0.3 is 0 Å². The standard InChI is InChI=1S/C17H16N2O3/c20-8-2-7-19-15-9-12(14-3-1-6-18-11-14)4-5-13(15)10-16(21)17(19)22/h1,3-6,9,11,20H,2,7-8,10H2. The second kappa shape index (κ2) is 6.07. The number of pyridine rings is 1. The molecule has 0 saturated heterocycles. The molecule has 2 aromatic rings. The lowest BCUT2D eigenvalue weighted by atomic mass is 9.96. The van der Waals surface area contributed by atoms with E-state index in [1.54, 1.807) is 12.4 Å². The summed E-state index contributed by atoms with van der Waals surface area (Å²) < 4.78 is 0. The third-order valence-electron chi connectivity index (χ3n) is 3.75. The fourth-order valence-electron chi connectivity index (χ4n) is 2.64. The fourth-order valence-corrected chi connectivity index (χ4v) is 2.64. The number of aliphatic hydroxyl groups is 1. The van der Waals surface area contributed by atoms with E-state index in [-0.39, 0.29) is 13.0 Å². The molecule has 5 heteroatoms. The summed E-state index contributed by atoms with van der Waals surface area (Å²) in [4.78, 5) is 29.5. The van der Waals surface area contributed by atoms with Gasteiger partial charge in [0.1, 0.15) is 0 Å². The Morgan fingerprint density at radius 3 is 2.77 bits per heavy atom. The van der Waals surface area contributed by atoms with Gasteiger partial charge in [-0.1, -0.05) is 18.2 Å². The molecular formula is C17H16N2O3. The van der Waals surface area contributed by atoms with Gasteiger partial charge in [-0.25, -0.2) is 0 Å². The van der Waals surface area contributed by atoms with E-state index in [0.29, 0.717) is 13.0 Å². The van der Waals surface area contributed by atoms with E-state index >= 15 is 0 Å². The van der Waals surface area contributed by atoms with Crippen molar-refractivity contribution in [2.75, 3.05) is 18.1 Å². The van der Waals surface area contributed by atoms with Crippen molar-refractivity contribution in [2.45, 2.75) is 12.8 Å². The summed E-state index contributed by atoms with van der Waals surface area (Å²) in [5.74, 6) is -0.899. The largest absolute Gasteiger partial charge is 0.396 e. The highest BCUT2D eigenvalue weighted by Gasteiger charge is 2.30. The number of aliphatic hydroxyl groups excluding tert-OH is 1. The maximum atomic E-state index is 12.1. The number of rotatable bonds is 4. The van der Waals surface area contributed by atoms with Gasteiger partial charge < -0.3 is 10.0 Å². The first-order valence-electron chi connectivity index (χ1n) is 7.19. The van der Waals surface area contributed by atoms with Gasteiger partial charge in [-0.3, -0.25) is 14.6 Å². The predicted molar refractivity (Wildman–Crippen MR) is 82.4 cm³/mol. The smallest absolute Gasteiger partial charge is 0.294 e. The highest BCUT2D eigenvalue weighted by atomic mass is 16.3. The van der Waals surface area contributed by atoms with Crippen molar-refractivity contribution >= 4 is 17.4 Å². The highest BCUT2D eigenvalue weighted by molar-refractivity contribution is 6.43. The number of benzene rings is 1. The van der Waals surface area contributed by atoms with Crippen molar-refractivity contribution < 1.29 is 14.7 Å². The number of nitrogens with zero attached hydrogens (tertiary/aromatic N) is 2. The molecule has 0 atom stereocenters. The molecular weight excluding hydrogens is 280 g/mol. The quantitative estimate of drug-likeness (QED) is 0.870. The fraction of sp³-hybridized carbons (Fsp3) is 0.235. The van der Waals surface area contributed by atoms with Crippen molar-refractivity contribution in [1.29, 1.82) is 0 Å². The average molecular weight is 296 g/mol. The third kappa shape index (κ3) is 2.63. The molecule has 112 valence electrons. The zero-order chi connectivity index (χ0) is 15.5. The summed E-state index contributed by atoms with van der Waals surface area (Å²) in [6, 6.07) is 9.53. The van der Waals surface area contributed by atoms with E-state index in [9.17, 15) is 9.59 Å². The SMILES string of the molecule is O=C1Cc2ccc(-c3cccnc3)cc2N(CCCO)C1=O. The molecule has 3 rings (SSSR count). The molecule has 0 fully saturated rings. The van der Waals surface area contributed by atoms with Gasteiger partial charge in [0.05, 0.1) is 0 Å². The second-order valence-electron chi connectivity index (χ2n) is 5.22. The highest BCUT2D eigenvalue weighted by Crippen LogP contribution is 2.31. The molecule has 0 bridgehead atoms. The van der Waals surface area contributed by atoms with Crippen LogP contribution in [0.25, 0.3) is 11.1 Å². The van der Waals surface area contributed by atoms with Crippen LogP contribution in [0.4, 0.5) is 5.69 Å². The Morgan fingerprint density at radius 2 is 2.05 bits per heavy atom. The molecule has 0 unspecified atom stereocenters. The summed E-state index contributed by atoms with van der Waals surface area (Å²) in [6.07, 6.45) is 4.04. The summed E-state index contributed by atoms with van der Waals surface area (Å²) in [5.41, 5.74) is 3.49. The number of anilines is 1. The summed E-state index contributed by atoms with van der Waals surface area (Å²) in [7, 11) is 0. The van der Waals surface area contributed by atoms with Crippen molar-refractivity contribution in [1.82, 2.24) is 4.98 Å². The van der Waals surface area contributed by atoms with Gasteiger partial charge in [-0.05, 0) is 29.7 Å². The maximum absolute atomic E-state index is 12.1. The molecule has 1 aromatic heterocycles. The van der Waals surface area contributed by atoms with Crippen LogP contribution in [0.5, 0.6) is 0 Å². The molecule has 0 radical (unpaired) electrons. The molecule has 0 aliphatic carbocycles. The molecule has 1 amide bonds. The Kier molecular flexibility index (Phi) is 3.98. The van der Waals surface area contributed by atoms with Crippen LogP contribution in [0.1, 0.15) is 12.0 Å². The Hall–Kier alpha value is -2.53. The first-order chi connectivity index (χ1) is 10.7. The maximum Gasteiger partial charge on any atom is 0.294 e. The zero-order valence-electron chi connectivity index (χ0n) is 12.0. The van der Waals surface area contributed by atoms with E-state index in [1.807, 2.05) is 30.3 Å². The van der Waals surface area contributed by atoms with E-state index in [2.05, 4.69) is 4.98 Å². The van der Waals surface area contributed by atoms with Gasteiger partial charge in [0, 0.05) is 43.2 Å². The van der Waals surface area contributed by atoms with E-state index in [0.717, 1.165) is 22.4 Å². The van der Waals surface area contributed by atoms with Gasteiger partial charge in [0.25, 0.3) is 5.91 Å². The zero-order valence-corrected chi connectivity index (χ0v) is 12.0. The molecule has 5 nitrogen and oxygen atoms in total. The molecule has 2 heterocycles. The van der Waals surface area contributed by atoms with E-state index < -0.39 is 11.7 Å². The number of hydrogen-bond donors (Lipinski definition) is 1. The number of hydrogen-bond acceptors (Lipinski definition) is 4. The van der Waals surface area contributed by atoms with Crippen LogP contribution in [0.2, 0.25) is 0 Å². The number of ketones is 1. The van der Waals surface area contributed by atoms with Crippen molar-refractivity contribution in [3.63, 3.8) is 0 Å². The number of Topliss-reactive ketones (excluding diaryl/α,β-unsaturated/α-hetero) is 1. The van der Waals surface area contributed by atoms with Crippen molar-refractivity contribution in [2.24, 2.45) is 0 Å². The number of amides is 1. The lowest BCUT2D eigenvalue weighted by Crippen LogP contribution is -2.42. The number of fused-ring (bicyclic) bond motifs is 1. The van der Waals surface area contributed by atoms with Crippen LogP contribution >= 0.6 is 0 Å². The lowest BCUT2D eigenvalue weighted by Gasteiger charge is -2.28. The van der Waals surface area contributed by atoms with Crippen LogP contribution in [0, 0.1) is 0 Å². The Morgan fingerprint density at radius 1 is 1.18 bits per heavy atom. The van der Waals surface area contributed by atoms with E-state index in [4.69, 9.17) is 5.11 Å². The van der Waals surface area contributed by atoms with Crippen LogP contribution in [-0.4, -0.2) is 34.9 Å². The molecule has 1 aliphatic rings. The molecule has 1 aromatic carbocycles. The Labute approximate surface area is 128 Å². The molecule has 0 spiro atoms. The molecule has 22 heavy (non-hydrogen) atoms. The lowest BCUT2D eigenvalue weighted by molar-refractivity contribution is -0.136. The van der Waals surface area contributed by atoms with Crippen LogP contribution in [0.3, 0.4) is 0 Å². The van der Waals surface area contributed by atoms with Gasteiger partial charge in [0.15, 0.2) is 0 Å². The normalized spacial score (nSPS) is 14.1. The van der Waals surface area contributed by atoms with Crippen LogP contribution in [-0.2, 0) is 16.0 Å². The minimum Gasteiger partial charge on any atom is -0.396 e. The first-order valence-corrected chi connectivity index (χ1v) is 7.19. The topological polar surface area (TPSA) is 70.5 Å². The Bertz CT molecular complexity index is 713. The van der Waals surface area contributed by atoms with Crippen molar-refractivity contribution in [3.8, 4) is 11.1 Å². The van der Waals surface area contributed by atoms with Gasteiger partial charge in [-0.15, -0.1) is 0 Å². The molecule has 0 saturated carbocycles. The molecule has 1 N–H and O–H groups in total. The molecule has 1 aliphatic heterocycles. The third-order valence-corrected chi connectivity index (χ3v) is 3.75. The number of aromatic nitrogens is 1. The average Bonchev–Trinajstić information content (AvgIpc) is 2.56. The van der Waals surface area contributed by atoms with Crippen molar-refractivity contribution in [3.05, 3.63) is 48.3 Å². The first kappa shape index (κ1) is 14.4. The summed E-state index contributed by atoms with van der Waals surface area (Å²) in [5, 5.41) is 9.00. The summed E-state index contributed by atoms with van der Waals surface area (Å²) in [6.45, 7) is 0.320. The predicted octanol–water partition coefficient (Wildman–Crippen LogP) is 1.59. The van der Waals surface area contributed by atoms with Crippen LogP contribution < -0.4 is 4.90 Å². The van der Waals surface area contributed by atoms with Crippen LogP contribution in [0.15, 0.2) is 42.7 Å². The monoisotopic (exact) mass is 296 g/mol. The minimum absolute atomic E-state index is 0.0183. The summed E-state index contributed by atoms with van der Waals surface area (Å²) >= 11 is 0. The van der Waals surface area contributed by atoms with Gasteiger partial charge in [0.2, 0.25) is 5.78 Å². The number of carbonyl (C=O) groups excluding carboxylic acids is 2. The minimum atomic E-state index is -0.496. The Balaban J connectivity index is 2.03. The van der Waals surface area contributed by atoms with E-state index in [1.165, 1.54) is 4.90 Å². The number of carbonyl (C=O) groups is 2.